The van der Waals surface area contributed by atoms with Gasteiger partial charge < -0.3 is 0 Å². The maximum atomic E-state index is 13.4. The molecule has 144 valence electrons. The average molecular weight is 378 g/mol. The van der Waals surface area contributed by atoms with Crippen molar-refractivity contribution in [3.8, 4) is 11.3 Å². The van der Waals surface area contributed by atoms with E-state index in [0.29, 0.717) is 23.7 Å². The fraction of sp³-hybridized carbons (Fsp3) is 0.550. The van der Waals surface area contributed by atoms with Crippen LogP contribution in [0.2, 0.25) is 0 Å². The highest BCUT2D eigenvalue weighted by molar-refractivity contribution is 7.89. The SMILES string of the molecule is CCCCN(CCCC)S(=O)(=O)c1cn(C(C)C)nc1-c1ccccc1. The molecule has 6 heteroatoms. The van der Waals surface area contributed by atoms with Crippen LogP contribution >= 0.6 is 0 Å². The number of hydrogen-bond donors (Lipinski definition) is 0. The van der Waals surface area contributed by atoms with E-state index in [9.17, 15) is 8.42 Å². The van der Waals surface area contributed by atoms with Gasteiger partial charge in [-0.15, -0.1) is 0 Å². The van der Waals surface area contributed by atoms with E-state index in [1.54, 1.807) is 15.2 Å². The van der Waals surface area contributed by atoms with Crippen LogP contribution in [0.1, 0.15) is 59.4 Å². The van der Waals surface area contributed by atoms with E-state index in [1.807, 2.05) is 44.2 Å². The van der Waals surface area contributed by atoms with E-state index in [0.717, 1.165) is 31.2 Å². The van der Waals surface area contributed by atoms with Gasteiger partial charge in [-0.3, -0.25) is 4.68 Å². The summed E-state index contributed by atoms with van der Waals surface area (Å²) in [5.41, 5.74) is 1.37. The molecule has 0 atom stereocenters. The van der Waals surface area contributed by atoms with E-state index in [2.05, 4.69) is 18.9 Å². The van der Waals surface area contributed by atoms with Crippen LogP contribution in [0.4, 0.5) is 0 Å². The van der Waals surface area contributed by atoms with Gasteiger partial charge in [0.2, 0.25) is 10.0 Å². The number of nitrogens with zero attached hydrogens (tertiary/aromatic N) is 3. The summed E-state index contributed by atoms with van der Waals surface area (Å²) in [6.45, 7) is 9.28. The molecule has 1 aromatic carbocycles. The molecule has 1 aromatic heterocycles. The lowest BCUT2D eigenvalue weighted by molar-refractivity contribution is 0.395. The molecular weight excluding hydrogens is 346 g/mol. The van der Waals surface area contributed by atoms with E-state index in [-0.39, 0.29) is 6.04 Å². The fourth-order valence-corrected chi connectivity index (χ4v) is 4.45. The first-order valence-corrected chi connectivity index (χ1v) is 11.0. The van der Waals surface area contributed by atoms with Crippen LogP contribution < -0.4 is 0 Å². The number of rotatable bonds is 10. The second-order valence-electron chi connectivity index (χ2n) is 6.89. The highest BCUT2D eigenvalue weighted by atomic mass is 32.2. The normalized spacial score (nSPS) is 12.2. The van der Waals surface area contributed by atoms with Crippen molar-refractivity contribution in [2.45, 2.75) is 64.3 Å². The number of unbranched alkanes of at least 4 members (excludes halogenated alkanes) is 2. The van der Waals surface area contributed by atoms with Gasteiger partial charge in [-0.2, -0.15) is 9.40 Å². The van der Waals surface area contributed by atoms with Crippen molar-refractivity contribution in [2.24, 2.45) is 0 Å². The molecule has 0 aliphatic rings. The van der Waals surface area contributed by atoms with Crippen molar-refractivity contribution in [1.82, 2.24) is 14.1 Å². The molecular formula is C20H31N3O2S. The monoisotopic (exact) mass is 377 g/mol. The molecule has 0 amide bonds. The largest absolute Gasteiger partial charge is 0.268 e. The third-order valence-corrected chi connectivity index (χ3v) is 6.31. The standard InChI is InChI=1S/C20H31N3O2S/c1-5-7-14-22(15-8-6-2)26(24,25)19-16-23(17(3)4)21-20(19)18-12-10-9-11-13-18/h9-13,16-17H,5-8,14-15H2,1-4H3. The zero-order valence-electron chi connectivity index (χ0n) is 16.4. The lowest BCUT2D eigenvalue weighted by Crippen LogP contribution is -2.33. The van der Waals surface area contributed by atoms with Crippen molar-refractivity contribution in [2.75, 3.05) is 13.1 Å². The molecule has 0 radical (unpaired) electrons. The molecule has 0 aliphatic heterocycles. The summed E-state index contributed by atoms with van der Waals surface area (Å²) in [7, 11) is -3.59. The Morgan fingerprint density at radius 2 is 1.62 bits per heavy atom. The number of hydrogen-bond acceptors (Lipinski definition) is 3. The van der Waals surface area contributed by atoms with E-state index >= 15 is 0 Å². The van der Waals surface area contributed by atoms with Crippen LogP contribution in [0.15, 0.2) is 41.4 Å². The van der Waals surface area contributed by atoms with Gasteiger partial charge in [0.25, 0.3) is 0 Å². The van der Waals surface area contributed by atoms with Gasteiger partial charge in [-0.25, -0.2) is 8.42 Å². The third-order valence-electron chi connectivity index (χ3n) is 4.41. The van der Waals surface area contributed by atoms with Crippen LogP contribution in [-0.4, -0.2) is 35.6 Å². The van der Waals surface area contributed by atoms with E-state index in [1.165, 1.54) is 0 Å². The van der Waals surface area contributed by atoms with Gasteiger partial charge >= 0.3 is 0 Å². The van der Waals surface area contributed by atoms with Gasteiger partial charge in [0.15, 0.2) is 0 Å². The molecule has 0 fully saturated rings. The van der Waals surface area contributed by atoms with Crippen LogP contribution in [0.25, 0.3) is 11.3 Å². The summed E-state index contributed by atoms with van der Waals surface area (Å²) in [6, 6.07) is 9.66. The van der Waals surface area contributed by atoms with E-state index in [4.69, 9.17) is 0 Å². The molecule has 2 rings (SSSR count). The Morgan fingerprint density at radius 3 is 2.12 bits per heavy atom. The molecule has 0 N–H and O–H groups in total. The zero-order valence-corrected chi connectivity index (χ0v) is 17.2. The van der Waals surface area contributed by atoms with Crippen LogP contribution in [0, 0.1) is 0 Å². The Balaban J connectivity index is 2.52. The highest BCUT2D eigenvalue weighted by Crippen LogP contribution is 2.29. The molecule has 0 aliphatic carbocycles. The topological polar surface area (TPSA) is 55.2 Å². The van der Waals surface area contributed by atoms with Crippen LogP contribution in [-0.2, 0) is 10.0 Å². The third kappa shape index (κ3) is 4.74. The molecule has 2 aromatic rings. The Kier molecular flexibility index (Phi) is 7.41. The molecule has 0 spiro atoms. The Labute approximate surface area is 158 Å². The maximum absolute atomic E-state index is 13.4. The fourth-order valence-electron chi connectivity index (χ4n) is 2.78. The summed E-state index contributed by atoms with van der Waals surface area (Å²) < 4.78 is 30.3. The van der Waals surface area contributed by atoms with E-state index < -0.39 is 10.0 Å². The lowest BCUT2D eigenvalue weighted by Gasteiger charge is -2.21. The summed E-state index contributed by atoms with van der Waals surface area (Å²) >= 11 is 0. The number of aromatic nitrogens is 2. The van der Waals surface area contributed by atoms with Crippen molar-refractivity contribution in [3.05, 3.63) is 36.5 Å². The van der Waals surface area contributed by atoms with Gasteiger partial charge in [0.05, 0.1) is 0 Å². The second-order valence-corrected chi connectivity index (χ2v) is 8.80. The van der Waals surface area contributed by atoms with Gasteiger partial charge in [0, 0.05) is 30.9 Å². The minimum absolute atomic E-state index is 0.0983. The summed E-state index contributed by atoms with van der Waals surface area (Å²) in [4.78, 5) is 0.310. The predicted molar refractivity (Wildman–Crippen MR) is 107 cm³/mol. The first kappa shape index (κ1) is 20.6. The zero-order chi connectivity index (χ0) is 19.2. The Hall–Kier alpha value is -1.66. The predicted octanol–water partition coefficient (Wildman–Crippen LogP) is 4.72. The molecule has 26 heavy (non-hydrogen) atoms. The molecule has 5 nitrogen and oxygen atoms in total. The molecule has 0 saturated heterocycles. The van der Waals surface area contributed by atoms with Gasteiger partial charge in [-0.1, -0.05) is 57.0 Å². The molecule has 0 unspecified atom stereocenters. The Bertz CT molecular complexity index is 775. The average Bonchev–Trinajstić information content (AvgIpc) is 3.09. The van der Waals surface area contributed by atoms with Crippen molar-refractivity contribution >= 4 is 10.0 Å². The van der Waals surface area contributed by atoms with Crippen molar-refractivity contribution in [1.29, 1.82) is 0 Å². The minimum atomic E-state index is -3.59. The van der Waals surface area contributed by atoms with Crippen LogP contribution in [0.3, 0.4) is 0 Å². The van der Waals surface area contributed by atoms with Gasteiger partial charge in [0.1, 0.15) is 10.6 Å². The number of benzene rings is 1. The quantitative estimate of drug-likeness (QED) is 0.602. The summed E-state index contributed by atoms with van der Waals surface area (Å²) in [5.74, 6) is 0. The van der Waals surface area contributed by atoms with Crippen LogP contribution in [0.5, 0.6) is 0 Å². The Morgan fingerprint density at radius 1 is 1.04 bits per heavy atom. The minimum Gasteiger partial charge on any atom is -0.268 e. The smallest absolute Gasteiger partial charge is 0.246 e. The number of sulfonamides is 1. The molecule has 0 saturated carbocycles. The lowest BCUT2D eigenvalue weighted by atomic mass is 10.2. The summed E-state index contributed by atoms with van der Waals surface area (Å²) in [5, 5.41) is 4.60. The van der Waals surface area contributed by atoms with Crippen molar-refractivity contribution in [3.63, 3.8) is 0 Å². The maximum Gasteiger partial charge on any atom is 0.246 e. The first-order valence-electron chi connectivity index (χ1n) is 9.56. The molecule has 1 heterocycles. The molecule has 0 bridgehead atoms. The highest BCUT2D eigenvalue weighted by Gasteiger charge is 2.29. The second kappa shape index (κ2) is 9.33. The van der Waals surface area contributed by atoms with Crippen molar-refractivity contribution < 1.29 is 8.42 Å². The van der Waals surface area contributed by atoms with Gasteiger partial charge in [-0.05, 0) is 26.7 Å². The first-order chi connectivity index (χ1) is 12.4. The summed E-state index contributed by atoms with van der Waals surface area (Å²) in [6.07, 6.45) is 5.35.